The van der Waals surface area contributed by atoms with Gasteiger partial charge in [0.1, 0.15) is 5.60 Å². The summed E-state index contributed by atoms with van der Waals surface area (Å²) in [5, 5.41) is 3.37. The summed E-state index contributed by atoms with van der Waals surface area (Å²) in [5.74, 6) is 0. The van der Waals surface area contributed by atoms with Gasteiger partial charge in [0.15, 0.2) is 0 Å². The second-order valence-corrected chi connectivity index (χ2v) is 6.74. The molecule has 0 spiro atoms. The van der Waals surface area contributed by atoms with Crippen LogP contribution >= 0.6 is 0 Å². The Balaban J connectivity index is 2.22. The second kappa shape index (κ2) is 6.06. The lowest BCUT2D eigenvalue weighted by Crippen LogP contribution is -2.50. The van der Waals surface area contributed by atoms with E-state index < -0.39 is 5.60 Å². The fourth-order valence-corrected chi connectivity index (χ4v) is 2.51. The number of ether oxygens (including phenoxy) is 1. The minimum absolute atomic E-state index is 0.0351. The van der Waals surface area contributed by atoms with E-state index in [0.29, 0.717) is 6.54 Å². The molecule has 1 aromatic carbocycles. The van der Waals surface area contributed by atoms with Crippen molar-refractivity contribution in [3.63, 3.8) is 0 Å². The molecule has 1 atom stereocenters. The van der Waals surface area contributed by atoms with Crippen LogP contribution in [0.25, 0.3) is 0 Å². The van der Waals surface area contributed by atoms with Crippen molar-refractivity contribution < 1.29 is 9.53 Å². The summed E-state index contributed by atoms with van der Waals surface area (Å²) in [5.41, 5.74) is 3.22. The predicted molar refractivity (Wildman–Crippen MR) is 84.5 cm³/mol. The predicted octanol–water partition coefficient (Wildman–Crippen LogP) is 3.18. The van der Waals surface area contributed by atoms with Crippen LogP contribution in [0.2, 0.25) is 0 Å². The molecule has 1 unspecified atom stereocenters. The van der Waals surface area contributed by atoms with E-state index in [1.54, 1.807) is 0 Å². The zero-order chi connectivity index (χ0) is 15.6. The molecule has 1 fully saturated rings. The standard InChI is InChI=1S/C17H26N2O2/c1-12-6-7-14(10-13(12)2)15-11-18-8-9-19(15)16(20)21-17(3,4)5/h6-7,10,15,18H,8-9,11H2,1-5H3. The van der Waals surface area contributed by atoms with Crippen LogP contribution in [0.4, 0.5) is 4.79 Å². The number of carbonyl (C=O) groups excluding carboxylic acids is 1. The third-order valence-electron chi connectivity index (χ3n) is 3.79. The molecule has 0 radical (unpaired) electrons. The molecule has 1 N–H and O–H groups in total. The summed E-state index contributed by atoms with van der Waals surface area (Å²) >= 11 is 0. The molecule has 116 valence electrons. The van der Waals surface area contributed by atoms with Crippen molar-refractivity contribution in [1.29, 1.82) is 0 Å². The molecule has 1 aromatic rings. The average Bonchev–Trinajstić information content (AvgIpc) is 2.40. The van der Waals surface area contributed by atoms with E-state index in [0.717, 1.165) is 18.7 Å². The van der Waals surface area contributed by atoms with Crippen molar-refractivity contribution in [2.24, 2.45) is 0 Å². The van der Waals surface area contributed by atoms with Crippen LogP contribution in [-0.2, 0) is 4.74 Å². The zero-order valence-electron chi connectivity index (χ0n) is 13.7. The topological polar surface area (TPSA) is 41.6 Å². The van der Waals surface area contributed by atoms with Gasteiger partial charge >= 0.3 is 6.09 Å². The highest BCUT2D eigenvalue weighted by Gasteiger charge is 2.31. The minimum atomic E-state index is -0.463. The van der Waals surface area contributed by atoms with Gasteiger partial charge in [-0.25, -0.2) is 4.79 Å². The molecule has 1 amide bonds. The summed E-state index contributed by atoms with van der Waals surface area (Å²) < 4.78 is 5.54. The van der Waals surface area contributed by atoms with Crippen molar-refractivity contribution in [2.45, 2.75) is 46.3 Å². The van der Waals surface area contributed by atoms with Gasteiger partial charge in [-0.3, -0.25) is 4.90 Å². The van der Waals surface area contributed by atoms with Crippen molar-refractivity contribution in [2.75, 3.05) is 19.6 Å². The van der Waals surface area contributed by atoms with E-state index >= 15 is 0 Å². The quantitative estimate of drug-likeness (QED) is 0.863. The van der Waals surface area contributed by atoms with Gasteiger partial charge in [-0.15, -0.1) is 0 Å². The lowest BCUT2D eigenvalue weighted by molar-refractivity contribution is 0.0118. The van der Waals surface area contributed by atoms with E-state index in [1.807, 2.05) is 25.7 Å². The second-order valence-electron chi connectivity index (χ2n) is 6.74. The largest absolute Gasteiger partial charge is 0.444 e. The van der Waals surface area contributed by atoms with E-state index in [1.165, 1.54) is 11.1 Å². The summed E-state index contributed by atoms with van der Waals surface area (Å²) in [6, 6.07) is 6.43. The highest BCUT2D eigenvalue weighted by molar-refractivity contribution is 5.69. The first kappa shape index (κ1) is 15.8. The molecule has 2 rings (SSSR count). The SMILES string of the molecule is Cc1ccc(C2CNCCN2C(=O)OC(C)(C)C)cc1C. The van der Waals surface area contributed by atoms with Crippen LogP contribution < -0.4 is 5.32 Å². The van der Waals surface area contributed by atoms with E-state index in [9.17, 15) is 4.79 Å². The van der Waals surface area contributed by atoms with Gasteiger partial charge in [-0.2, -0.15) is 0 Å². The third kappa shape index (κ3) is 3.97. The van der Waals surface area contributed by atoms with E-state index in [4.69, 9.17) is 4.74 Å². The molecule has 0 bridgehead atoms. The normalized spacial score (nSPS) is 19.5. The third-order valence-corrected chi connectivity index (χ3v) is 3.79. The number of amides is 1. The van der Waals surface area contributed by atoms with Crippen molar-refractivity contribution in [3.8, 4) is 0 Å². The van der Waals surface area contributed by atoms with Crippen LogP contribution in [0, 0.1) is 13.8 Å². The van der Waals surface area contributed by atoms with Crippen LogP contribution in [0.15, 0.2) is 18.2 Å². The Hall–Kier alpha value is -1.55. The lowest BCUT2D eigenvalue weighted by atomic mass is 9.99. The van der Waals surface area contributed by atoms with Crippen molar-refractivity contribution >= 4 is 6.09 Å². The first-order valence-corrected chi connectivity index (χ1v) is 7.55. The number of rotatable bonds is 1. The summed E-state index contributed by atoms with van der Waals surface area (Å²) in [7, 11) is 0. The Morgan fingerprint density at radius 3 is 2.62 bits per heavy atom. The molecule has 1 aliphatic rings. The Kier molecular flexibility index (Phi) is 4.57. The maximum Gasteiger partial charge on any atom is 0.410 e. The molecule has 1 saturated heterocycles. The monoisotopic (exact) mass is 290 g/mol. The van der Waals surface area contributed by atoms with Gasteiger partial charge in [0.2, 0.25) is 0 Å². The van der Waals surface area contributed by atoms with Gasteiger partial charge in [0.25, 0.3) is 0 Å². The molecule has 1 heterocycles. The number of carbonyl (C=O) groups is 1. The number of hydrogen-bond donors (Lipinski definition) is 1. The average molecular weight is 290 g/mol. The van der Waals surface area contributed by atoms with Crippen molar-refractivity contribution in [3.05, 3.63) is 34.9 Å². The first-order valence-electron chi connectivity index (χ1n) is 7.55. The highest BCUT2D eigenvalue weighted by Crippen LogP contribution is 2.26. The Labute approximate surface area is 127 Å². The zero-order valence-corrected chi connectivity index (χ0v) is 13.7. The number of nitrogens with zero attached hydrogens (tertiary/aromatic N) is 1. The van der Waals surface area contributed by atoms with E-state index in [-0.39, 0.29) is 12.1 Å². The molecule has 0 aliphatic carbocycles. The van der Waals surface area contributed by atoms with Gasteiger partial charge in [0.05, 0.1) is 6.04 Å². The van der Waals surface area contributed by atoms with Crippen LogP contribution in [0.1, 0.15) is 43.5 Å². The van der Waals surface area contributed by atoms with Gasteiger partial charge in [-0.1, -0.05) is 18.2 Å². The smallest absolute Gasteiger partial charge is 0.410 e. The van der Waals surface area contributed by atoms with Crippen LogP contribution in [0.3, 0.4) is 0 Å². The number of piperazine rings is 1. The molecular formula is C17H26N2O2. The maximum atomic E-state index is 12.4. The maximum absolute atomic E-state index is 12.4. The molecular weight excluding hydrogens is 264 g/mol. The first-order chi connectivity index (χ1) is 9.78. The molecule has 0 aromatic heterocycles. The molecule has 0 saturated carbocycles. The van der Waals surface area contributed by atoms with Crippen LogP contribution in [0.5, 0.6) is 0 Å². The van der Waals surface area contributed by atoms with Gasteiger partial charge in [0, 0.05) is 19.6 Å². The lowest BCUT2D eigenvalue weighted by Gasteiger charge is -2.37. The fraction of sp³-hybridized carbons (Fsp3) is 0.588. The highest BCUT2D eigenvalue weighted by atomic mass is 16.6. The van der Waals surface area contributed by atoms with Gasteiger partial charge < -0.3 is 10.1 Å². The number of aryl methyl sites for hydroxylation is 2. The Bertz CT molecular complexity index is 520. The van der Waals surface area contributed by atoms with Crippen LogP contribution in [-0.4, -0.2) is 36.2 Å². The Morgan fingerprint density at radius 1 is 1.29 bits per heavy atom. The molecule has 4 heteroatoms. The van der Waals surface area contributed by atoms with Crippen molar-refractivity contribution in [1.82, 2.24) is 10.2 Å². The van der Waals surface area contributed by atoms with E-state index in [2.05, 4.69) is 37.4 Å². The number of benzene rings is 1. The van der Waals surface area contributed by atoms with Gasteiger partial charge in [-0.05, 0) is 51.3 Å². The summed E-state index contributed by atoms with van der Waals surface area (Å²) in [6.07, 6.45) is -0.229. The molecule has 21 heavy (non-hydrogen) atoms. The molecule has 1 aliphatic heterocycles. The minimum Gasteiger partial charge on any atom is -0.444 e. The molecule has 4 nitrogen and oxygen atoms in total. The number of nitrogens with one attached hydrogen (secondary N) is 1. The fourth-order valence-electron chi connectivity index (χ4n) is 2.51. The Morgan fingerprint density at radius 2 is 2.00 bits per heavy atom. The summed E-state index contributed by atoms with van der Waals surface area (Å²) in [4.78, 5) is 14.3. The summed E-state index contributed by atoms with van der Waals surface area (Å²) in [6.45, 7) is 12.2. The number of hydrogen-bond acceptors (Lipinski definition) is 3.